The number of carbonyl (C=O) groups is 1. The quantitative estimate of drug-likeness (QED) is 0.673. The van der Waals surface area contributed by atoms with Crippen LogP contribution in [0.4, 0.5) is 4.39 Å². The van der Waals surface area contributed by atoms with E-state index in [9.17, 15) is 9.18 Å². The van der Waals surface area contributed by atoms with Crippen LogP contribution in [0.1, 0.15) is 29.9 Å². The lowest BCUT2D eigenvalue weighted by atomic mass is 9.95. The lowest BCUT2D eigenvalue weighted by Crippen LogP contribution is -2.40. The van der Waals surface area contributed by atoms with Gasteiger partial charge < -0.3 is 9.84 Å². The Kier molecular flexibility index (Phi) is 6.18. The normalized spacial score (nSPS) is 15.3. The van der Waals surface area contributed by atoms with Crippen molar-refractivity contribution in [3.63, 3.8) is 0 Å². The molecule has 30 heavy (non-hydrogen) atoms. The average molecular weight is 408 g/mol. The third-order valence-corrected chi connectivity index (χ3v) is 5.44. The second-order valence-corrected chi connectivity index (χ2v) is 7.78. The predicted octanol–water partition coefficient (Wildman–Crippen LogP) is 3.71. The van der Waals surface area contributed by atoms with Crippen molar-refractivity contribution in [2.45, 2.75) is 32.9 Å². The van der Waals surface area contributed by atoms with Crippen molar-refractivity contribution in [1.82, 2.24) is 20.4 Å². The number of nitrogens with one attached hydrogen (secondary N) is 1. The van der Waals surface area contributed by atoms with Crippen LogP contribution < -0.4 is 5.32 Å². The van der Waals surface area contributed by atoms with Crippen molar-refractivity contribution in [3.05, 3.63) is 71.4 Å². The molecule has 0 atom stereocenters. The monoisotopic (exact) mass is 408 g/mol. The first kappa shape index (κ1) is 20.2. The lowest BCUT2D eigenvalue weighted by molar-refractivity contribution is -0.126. The van der Waals surface area contributed by atoms with E-state index in [1.807, 2.05) is 43.3 Å². The summed E-state index contributed by atoms with van der Waals surface area (Å²) in [4.78, 5) is 19.2. The van der Waals surface area contributed by atoms with Gasteiger partial charge in [-0.15, -0.1) is 0 Å². The van der Waals surface area contributed by atoms with Gasteiger partial charge in [-0.25, -0.2) is 4.39 Å². The van der Waals surface area contributed by atoms with Crippen molar-refractivity contribution in [1.29, 1.82) is 0 Å². The molecule has 0 aliphatic carbocycles. The maximum atomic E-state index is 13.0. The molecule has 1 aliphatic heterocycles. The molecule has 2 aromatic carbocycles. The highest BCUT2D eigenvalue weighted by Crippen LogP contribution is 2.20. The Labute approximate surface area is 175 Å². The lowest BCUT2D eigenvalue weighted by Gasteiger charge is -2.31. The SMILES string of the molecule is Cc1cccc(-c2noc(CNC(=O)C3CCN(Cc4ccc(F)cc4)CC3)n2)c1. The molecule has 1 aliphatic rings. The highest BCUT2D eigenvalue weighted by Gasteiger charge is 2.25. The van der Waals surface area contributed by atoms with Gasteiger partial charge in [0.2, 0.25) is 17.6 Å². The molecule has 1 amide bonds. The number of aryl methyl sites for hydroxylation is 1. The van der Waals surface area contributed by atoms with E-state index in [1.54, 1.807) is 0 Å². The van der Waals surface area contributed by atoms with Crippen molar-refractivity contribution < 1.29 is 13.7 Å². The zero-order valence-corrected chi connectivity index (χ0v) is 17.0. The minimum atomic E-state index is -0.221. The van der Waals surface area contributed by atoms with Crippen LogP contribution in [0.25, 0.3) is 11.4 Å². The fraction of sp³-hybridized carbons (Fsp3) is 0.348. The third-order valence-electron chi connectivity index (χ3n) is 5.44. The van der Waals surface area contributed by atoms with Gasteiger partial charge in [-0.1, -0.05) is 41.1 Å². The standard InChI is InChI=1S/C23H25FN4O2/c1-16-3-2-4-19(13-16)22-26-21(30-27-22)14-25-23(29)18-9-11-28(12-10-18)15-17-5-7-20(24)8-6-17/h2-8,13,18H,9-12,14-15H2,1H3,(H,25,29). The maximum absolute atomic E-state index is 13.0. The number of nitrogens with zero attached hydrogens (tertiary/aromatic N) is 3. The molecule has 1 N–H and O–H groups in total. The van der Waals surface area contributed by atoms with E-state index in [1.165, 1.54) is 12.1 Å². The Balaban J connectivity index is 1.24. The molecule has 0 saturated carbocycles. The highest BCUT2D eigenvalue weighted by atomic mass is 19.1. The van der Waals surface area contributed by atoms with Crippen molar-refractivity contribution >= 4 is 5.91 Å². The molecule has 6 nitrogen and oxygen atoms in total. The molecule has 1 fully saturated rings. The Morgan fingerprint density at radius 2 is 1.97 bits per heavy atom. The molecule has 1 aromatic heterocycles. The number of rotatable bonds is 6. The fourth-order valence-electron chi connectivity index (χ4n) is 3.74. The van der Waals surface area contributed by atoms with Gasteiger partial charge in [0.1, 0.15) is 5.82 Å². The van der Waals surface area contributed by atoms with Gasteiger partial charge in [-0.3, -0.25) is 9.69 Å². The number of hydrogen-bond acceptors (Lipinski definition) is 5. The summed E-state index contributed by atoms with van der Waals surface area (Å²) in [7, 11) is 0. The number of halogens is 1. The van der Waals surface area contributed by atoms with Crippen LogP contribution in [-0.4, -0.2) is 34.0 Å². The number of likely N-dealkylation sites (tertiary alicyclic amines) is 1. The van der Waals surface area contributed by atoms with Gasteiger partial charge in [0, 0.05) is 18.0 Å². The van der Waals surface area contributed by atoms with Crippen LogP contribution in [0.2, 0.25) is 0 Å². The van der Waals surface area contributed by atoms with Crippen molar-refractivity contribution in [3.8, 4) is 11.4 Å². The number of aromatic nitrogens is 2. The Hall–Kier alpha value is -3.06. The molecule has 7 heteroatoms. The summed E-state index contributed by atoms with van der Waals surface area (Å²) >= 11 is 0. The van der Waals surface area contributed by atoms with Gasteiger partial charge in [-0.05, 0) is 56.6 Å². The number of carbonyl (C=O) groups excluding carboxylic acids is 1. The van der Waals surface area contributed by atoms with Gasteiger partial charge in [-0.2, -0.15) is 4.98 Å². The van der Waals surface area contributed by atoms with E-state index >= 15 is 0 Å². The topological polar surface area (TPSA) is 71.3 Å². The van der Waals surface area contributed by atoms with E-state index in [4.69, 9.17) is 4.52 Å². The summed E-state index contributed by atoms with van der Waals surface area (Å²) in [5.41, 5.74) is 3.10. The summed E-state index contributed by atoms with van der Waals surface area (Å²) in [6.45, 7) is 4.70. The van der Waals surface area contributed by atoms with E-state index in [0.29, 0.717) is 11.7 Å². The first-order valence-corrected chi connectivity index (χ1v) is 10.2. The molecule has 0 spiro atoms. The third kappa shape index (κ3) is 5.10. The Morgan fingerprint density at radius 3 is 2.70 bits per heavy atom. The highest BCUT2D eigenvalue weighted by molar-refractivity contribution is 5.78. The molecule has 0 radical (unpaired) electrons. The molecular weight excluding hydrogens is 383 g/mol. The number of benzene rings is 2. The summed E-state index contributed by atoms with van der Waals surface area (Å²) < 4.78 is 18.3. The molecule has 1 saturated heterocycles. The van der Waals surface area contributed by atoms with Gasteiger partial charge >= 0.3 is 0 Å². The molecule has 2 heterocycles. The average Bonchev–Trinajstić information content (AvgIpc) is 3.23. The van der Waals surface area contributed by atoms with Crippen LogP contribution in [0.15, 0.2) is 53.1 Å². The zero-order valence-electron chi connectivity index (χ0n) is 17.0. The fourth-order valence-corrected chi connectivity index (χ4v) is 3.74. The second-order valence-electron chi connectivity index (χ2n) is 7.78. The summed E-state index contributed by atoms with van der Waals surface area (Å²) in [6, 6.07) is 14.5. The van der Waals surface area contributed by atoms with E-state index in [2.05, 4.69) is 20.4 Å². The number of amides is 1. The Bertz CT molecular complexity index is 994. The van der Waals surface area contributed by atoms with E-state index < -0.39 is 0 Å². The minimum Gasteiger partial charge on any atom is -0.347 e. The zero-order chi connectivity index (χ0) is 20.9. The largest absolute Gasteiger partial charge is 0.347 e. The summed E-state index contributed by atoms with van der Waals surface area (Å²) in [5, 5.41) is 6.93. The molecule has 4 rings (SSSR count). The molecular formula is C23H25FN4O2. The van der Waals surface area contributed by atoms with Crippen LogP contribution in [-0.2, 0) is 17.9 Å². The first-order chi connectivity index (χ1) is 14.6. The maximum Gasteiger partial charge on any atom is 0.246 e. The molecule has 156 valence electrons. The van der Waals surface area contributed by atoms with Crippen LogP contribution in [0.3, 0.4) is 0 Å². The van der Waals surface area contributed by atoms with Crippen LogP contribution >= 0.6 is 0 Å². The van der Waals surface area contributed by atoms with Gasteiger partial charge in [0.15, 0.2) is 0 Å². The Morgan fingerprint density at radius 1 is 1.20 bits per heavy atom. The van der Waals surface area contributed by atoms with Gasteiger partial charge in [0.25, 0.3) is 0 Å². The van der Waals surface area contributed by atoms with Crippen LogP contribution in [0.5, 0.6) is 0 Å². The molecule has 0 unspecified atom stereocenters. The van der Waals surface area contributed by atoms with E-state index in [0.717, 1.165) is 49.2 Å². The number of piperidine rings is 1. The van der Waals surface area contributed by atoms with Gasteiger partial charge in [0.05, 0.1) is 6.54 Å². The number of hydrogen-bond donors (Lipinski definition) is 1. The predicted molar refractivity (Wildman–Crippen MR) is 111 cm³/mol. The molecule has 3 aromatic rings. The minimum absolute atomic E-state index is 0.0198. The summed E-state index contributed by atoms with van der Waals surface area (Å²) in [5.74, 6) is 0.701. The second kappa shape index (κ2) is 9.17. The summed E-state index contributed by atoms with van der Waals surface area (Å²) in [6.07, 6.45) is 1.59. The van der Waals surface area contributed by atoms with Crippen molar-refractivity contribution in [2.24, 2.45) is 5.92 Å². The van der Waals surface area contributed by atoms with Crippen LogP contribution in [0, 0.1) is 18.7 Å². The molecule has 0 bridgehead atoms. The smallest absolute Gasteiger partial charge is 0.246 e. The van der Waals surface area contributed by atoms with Crippen molar-refractivity contribution in [2.75, 3.05) is 13.1 Å². The first-order valence-electron chi connectivity index (χ1n) is 10.2. The van der Waals surface area contributed by atoms with E-state index in [-0.39, 0.29) is 24.2 Å².